The molecule has 1 aromatic rings. The van der Waals surface area contributed by atoms with Gasteiger partial charge in [-0.25, -0.2) is 0 Å². The average Bonchev–Trinajstić information content (AvgIpc) is 2.81. The third-order valence-corrected chi connectivity index (χ3v) is 3.34. The Kier molecular flexibility index (Phi) is 4.66. The van der Waals surface area contributed by atoms with E-state index in [1.807, 2.05) is 13.0 Å². The minimum Gasteiger partial charge on any atom is -0.488 e. The highest BCUT2D eigenvalue weighted by Crippen LogP contribution is 2.30. The summed E-state index contributed by atoms with van der Waals surface area (Å²) >= 11 is 0. The van der Waals surface area contributed by atoms with E-state index in [9.17, 15) is 0 Å². The van der Waals surface area contributed by atoms with Gasteiger partial charge in [0.1, 0.15) is 11.9 Å². The average molecular weight is 243 g/mol. The second-order valence-corrected chi connectivity index (χ2v) is 4.60. The fourth-order valence-corrected chi connectivity index (χ4v) is 2.47. The van der Waals surface area contributed by atoms with Gasteiger partial charge in [0.25, 0.3) is 0 Å². The second kappa shape index (κ2) is 6.47. The Morgan fingerprint density at radius 1 is 1.44 bits per heavy atom. The molecule has 0 radical (unpaired) electrons. The first-order valence-electron chi connectivity index (χ1n) is 6.72. The fourth-order valence-electron chi connectivity index (χ4n) is 2.47. The van der Waals surface area contributed by atoms with Crippen LogP contribution in [0.1, 0.15) is 32.3 Å². The van der Waals surface area contributed by atoms with Crippen molar-refractivity contribution in [1.82, 2.24) is 5.32 Å². The number of hydrogen-bond acceptors (Lipinski definition) is 2. The van der Waals surface area contributed by atoms with Crippen molar-refractivity contribution in [2.45, 2.75) is 45.3 Å². The van der Waals surface area contributed by atoms with Crippen LogP contribution in [0.4, 0.5) is 0 Å². The molecule has 2 heteroatoms. The molecule has 0 saturated carbocycles. The summed E-state index contributed by atoms with van der Waals surface area (Å²) in [5.74, 6) is 7.14. The molecule has 2 nitrogen and oxygen atoms in total. The molecule has 18 heavy (non-hydrogen) atoms. The summed E-state index contributed by atoms with van der Waals surface area (Å²) in [7, 11) is 0. The topological polar surface area (TPSA) is 21.3 Å². The molecule has 1 N–H and O–H groups in total. The smallest absolute Gasteiger partial charge is 0.123 e. The minimum atomic E-state index is 0.251. The summed E-state index contributed by atoms with van der Waals surface area (Å²) in [6, 6.07) is 8.72. The van der Waals surface area contributed by atoms with Gasteiger partial charge in [0.2, 0.25) is 0 Å². The van der Waals surface area contributed by atoms with Crippen molar-refractivity contribution in [1.29, 1.82) is 0 Å². The van der Waals surface area contributed by atoms with Crippen molar-refractivity contribution in [3.8, 4) is 17.6 Å². The van der Waals surface area contributed by atoms with E-state index in [1.165, 1.54) is 5.56 Å². The van der Waals surface area contributed by atoms with E-state index in [-0.39, 0.29) is 6.10 Å². The Morgan fingerprint density at radius 2 is 2.28 bits per heavy atom. The van der Waals surface area contributed by atoms with Crippen LogP contribution in [0.2, 0.25) is 0 Å². The standard InChI is InChI=1S/C16H21NO/c1-3-5-6-10-14(17-4-2)16-12-13-9-7-8-11-15(13)18-16/h7-9,11,14,16-17H,4,6,10,12H2,1-2H3. The van der Waals surface area contributed by atoms with Gasteiger partial charge in [0.15, 0.2) is 0 Å². The van der Waals surface area contributed by atoms with Crippen LogP contribution in [-0.4, -0.2) is 18.7 Å². The molecule has 96 valence electrons. The lowest BCUT2D eigenvalue weighted by Crippen LogP contribution is -2.42. The largest absolute Gasteiger partial charge is 0.488 e. The van der Waals surface area contributed by atoms with Crippen molar-refractivity contribution >= 4 is 0 Å². The van der Waals surface area contributed by atoms with E-state index in [0.29, 0.717) is 6.04 Å². The number of benzene rings is 1. The second-order valence-electron chi connectivity index (χ2n) is 4.60. The van der Waals surface area contributed by atoms with Crippen LogP contribution < -0.4 is 10.1 Å². The number of hydrogen-bond donors (Lipinski definition) is 1. The molecule has 0 bridgehead atoms. The molecule has 1 heterocycles. The summed E-state index contributed by atoms with van der Waals surface area (Å²) < 4.78 is 6.04. The highest BCUT2D eigenvalue weighted by molar-refractivity contribution is 5.37. The van der Waals surface area contributed by atoms with Gasteiger partial charge in [-0.2, -0.15) is 0 Å². The Hall–Kier alpha value is -1.46. The Bertz CT molecular complexity index is 419. The van der Waals surface area contributed by atoms with Gasteiger partial charge < -0.3 is 10.1 Å². The summed E-state index contributed by atoms with van der Waals surface area (Å²) in [6.07, 6.45) is 3.24. The molecule has 0 spiro atoms. The van der Waals surface area contributed by atoms with Crippen LogP contribution in [-0.2, 0) is 6.42 Å². The van der Waals surface area contributed by atoms with Crippen molar-refractivity contribution in [3.05, 3.63) is 29.8 Å². The molecule has 0 fully saturated rings. The van der Waals surface area contributed by atoms with Crippen LogP contribution in [0.15, 0.2) is 24.3 Å². The van der Waals surface area contributed by atoms with Gasteiger partial charge in [0.05, 0.1) is 0 Å². The number of rotatable bonds is 5. The summed E-state index contributed by atoms with van der Waals surface area (Å²) in [5, 5.41) is 3.53. The monoisotopic (exact) mass is 243 g/mol. The van der Waals surface area contributed by atoms with Gasteiger partial charge in [-0.15, -0.1) is 11.8 Å². The summed E-state index contributed by atoms with van der Waals surface area (Å²) in [4.78, 5) is 0. The molecular formula is C16H21NO. The number of para-hydroxylation sites is 1. The maximum atomic E-state index is 6.04. The molecule has 0 aliphatic carbocycles. The number of likely N-dealkylation sites (N-methyl/N-ethyl adjacent to an activating group) is 1. The van der Waals surface area contributed by atoms with Gasteiger partial charge in [-0.1, -0.05) is 25.1 Å². The Morgan fingerprint density at radius 3 is 3.00 bits per heavy atom. The maximum Gasteiger partial charge on any atom is 0.123 e. The number of ether oxygens (including phenoxy) is 1. The Balaban J connectivity index is 1.98. The molecule has 0 saturated heterocycles. The van der Waals surface area contributed by atoms with E-state index >= 15 is 0 Å². The molecule has 2 atom stereocenters. The SMILES string of the molecule is CC#CCCC(NCC)C1Cc2ccccc2O1. The molecule has 0 amide bonds. The van der Waals surface area contributed by atoms with Gasteiger partial charge in [-0.3, -0.25) is 0 Å². The molecule has 2 unspecified atom stereocenters. The molecule has 0 aromatic heterocycles. The predicted molar refractivity (Wildman–Crippen MR) is 74.7 cm³/mol. The zero-order valence-corrected chi connectivity index (χ0v) is 11.2. The highest BCUT2D eigenvalue weighted by atomic mass is 16.5. The lowest BCUT2D eigenvalue weighted by Gasteiger charge is -2.23. The van der Waals surface area contributed by atoms with Crippen LogP contribution in [0.25, 0.3) is 0 Å². The van der Waals surface area contributed by atoms with Gasteiger partial charge in [0, 0.05) is 18.9 Å². The van der Waals surface area contributed by atoms with E-state index in [4.69, 9.17) is 4.74 Å². The van der Waals surface area contributed by atoms with E-state index in [2.05, 4.69) is 42.3 Å². The lowest BCUT2D eigenvalue weighted by molar-refractivity contribution is 0.174. The first kappa shape index (κ1) is 13.0. The quantitative estimate of drug-likeness (QED) is 0.803. The third-order valence-electron chi connectivity index (χ3n) is 3.34. The molecule has 1 aliphatic heterocycles. The summed E-state index contributed by atoms with van der Waals surface area (Å²) in [6.45, 7) is 5.01. The number of fused-ring (bicyclic) bond motifs is 1. The highest BCUT2D eigenvalue weighted by Gasteiger charge is 2.29. The van der Waals surface area contributed by atoms with Crippen LogP contribution in [0.3, 0.4) is 0 Å². The normalized spacial score (nSPS) is 18.4. The molecule has 2 rings (SSSR count). The van der Waals surface area contributed by atoms with Gasteiger partial charge in [-0.05, 0) is 31.5 Å². The predicted octanol–water partition coefficient (Wildman–Crippen LogP) is 2.77. The van der Waals surface area contributed by atoms with Gasteiger partial charge >= 0.3 is 0 Å². The van der Waals surface area contributed by atoms with Crippen molar-refractivity contribution < 1.29 is 4.74 Å². The number of nitrogens with one attached hydrogen (secondary N) is 1. The fraction of sp³-hybridized carbons (Fsp3) is 0.500. The van der Waals surface area contributed by atoms with Crippen LogP contribution in [0, 0.1) is 11.8 Å². The first-order valence-corrected chi connectivity index (χ1v) is 6.72. The summed E-state index contributed by atoms with van der Waals surface area (Å²) in [5.41, 5.74) is 1.33. The third kappa shape index (κ3) is 3.05. The lowest BCUT2D eigenvalue weighted by atomic mass is 10.0. The molecule has 1 aliphatic rings. The van der Waals surface area contributed by atoms with Crippen molar-refractivity contribution in [2.24, 2.45) is 0 Å². The van der Waals surface area contributed by atoms with Crippen LogP contribution >= 0.6 is 0 Å². The van der Waals surface area contributed by atoms with E-state index in [1.54, 1.807) is 0 Å². The Labute approximate surface area is 110 Å². The minimum absolute atomic E-state index is 0.251. The first-order chi connectivity index (χ1) is 8.85. The zero-order chi connectivity index (χ0) is 12.8. The van der Waals surface area contributed by atoms with E-state index < -0.39 is 0 Å². The zero-order valence-electron chi connectivity index (χ0n) is 11.2. The van der Waals surface area contributed by atoms with Crippen LogP contribution in [0.5, 0.6) is 5.75 Å². The van der Waals surface area contributed by atoms with Crippen molar-refractivity contribution in [2.75, 3.05) is 6.54 Å². The molecular weight excluding hydrogens is 222 g/mol. The van der Waals surface area contributed by atoms with Crippen molar-refractivity contribution in [3.63, 3.8) is 0 Å². The van der Waals surface area contributed by atoms with E-state index in [0.717, 1.165) is 31.6 Å². The maximum absolute atomic E-state index is 6.04. The molecule has 1 aromatic carbocycles.